The van der Waals surface area contributed by atoms with E-state index in [1.165, 1.54) is 0 Å². The van der Waals surface area contributed by atoms with Crippen molar-refractivity contribution in [2.24, 2.45) is 11.8 Å². The lowest BCUT2D eigenvalue weighted by molar-refractivity contribution is -0.139. The summed E-state index contributed by atoms with van der Waals surface area (Å²) in [5, 5.41) is 4.87. The number of piperidine rings is 1. The lowest BCUT2D eigenvalue weighted by atomic mass is 9.91. The molecule has 0 bridgehead atoms. The quantitative estimate of drug-likeness (QED) is 0.743. The lowest BCUT2D eigenvalue weighted by Gasteiger charge is -2.27. The van der Waals surface area contributed by atoms with E-state index in [1.54, 1.807) is 0 Å². The van der Waals surface area contributed by atoms with Gasteiger partial charge in [0, 0.05) is 6.54 Å². The highest BCUT2D eigenvalue weighted by Crippen LogP contribution is 2.22. The van der Waals surface area contributed by atoms with Crippen LogP contribution in [-0.4, -0.2) is 37.9 Å². The summed E-state index contributed by atoms with van der Waals surface area (Å²) in [7, 11) is 0. The summed E-state index contributed by atoms with van der Waals surface area (Å²) in [6.07, 6.45) is -3.18. The van der Waals surface area contributed by atoms with Crippen molar-refractivity contribution in [3.8, 4) is 0 Å². The van der Waals surface area contributed by atoms with E-state index in [-0.39, 0.29) is 5.92 Å². The Balaban J connectivity index is 2.39. The van der Waals surface area contributed by atoms with Crippen LogP contribution in [-0.2, 0) is 4.79 Å². The molecule has 17 heavy (non-hydrogen) atoms. The predicted octanol–water partition coefficient (Wildman–Crippen LogP) is 1.25. The molecule has 100 valence electrons. The fraction of sp³-hybridized carbons (Fsp3) is 0.900. The summed E-state index contributed by atoms with van der Waals surface area (Å²) in [6, 6.07) is 0. The summed E-state index contributed by atoms with van der Waals surface area (Å²) < 4.78 is 48.8. The first kappa shape index (κ1) is 14.2. The van der Waals surface area contributed by atoms with Crippen LogP contribution < -0.4 is 10.6 Å². The minimum Gasteiger partial charge on any atom is -0.350 e. The SMILES string of the molecule is CC1CNCC(C(=O)NCC(F)(F)C(F)F)C1. The molecule has 1 aliphatic heterocycles. The maximum Gasteiger partial charge on any atom is 0.324 e. The zero-order valence-electron chi connectivity index (χ0n) is 9.48. The number of alkyl halides is 4. The van der Waals surface area contributed by atoms with Crippen LogP contribution in [0.4, 0.5) is 17.6 Å². The lowest BCUT2D eigenvalue weighted by Crippen LogP contribution is -2.47. The van der Waals surface area contributed by atoms with E-state index < -0.39 is 30.7 Å². The molecule has 1 rings (SSSR count). The monoisotopic (exact) mass is 256 g/mol. The van der Waals surface area contributed by atoms with Gasteiger partial charge in [-0.05, 0) is 18.9 Å². The Kier molecular flexibility index (Phi) is 4.73. The van der Waals surface area contributed by atoms with Gasteiger partial charge in [0.2, 0.25) is 5.91 Å². The van der Waals surface area contributed by atoms with Crippen molar-refractivity contribution >= 4 is 5.91 Å². The summed E-state index contributed by atoms with van der Waals surface area (Å²) >= 11 is 0. The van der Waals surface area contributed by atoms with Gasteiger partial charge in [-0.2, -0.15) is 8.78 Å². The van der Waals surface area contributed by atoms with Crippen LogP contribution in [0.1, 0.15) is 13.3 Å². The fourth-order valence-electron chi connectivity index (χ4n) is 1.78. The number of rotatable bonds is 4. The molecule has 0 aliphatic carbocycles. The van der Waals surface area contributed by atoms with Crippen molar-refractivity contribution in [3.05, 3.63) is 0 Å². The molecule has 2 atom stereocenters. The maximum atomic E-state index is 12.6. The molecule has 3 nitrogen and oxygen atoms in total. The van der Waals surface area contributed by atoms with E-state index in [0.29, 0.717) is 13.0 Å². The predicted molar refractivity (Wildman–Crippen MR) is 54.1 cm³/mol. The van der Waals surface area contributed by atoms with Crippen LogP contribution in [0.25, 0.3) is 0 Å². The average molecular weight is 256 g/mol. The third-order valence-corrected chi connectivity index (χ3v) is 2.76. The van der Waals surface area contributed by atoms with Crippen LogP contribution in [0.15, 0.2) is 0 Å². The van der Waals surface area contributed by atoms with Gasteiger partial charge in [0.05, 0.1) is 12.5 Å². The van der Waals surface area contributed by atoms with Gasteiger partial charge in [0.25, 0.3) is 0 Å². The van der Waals surface area contributed by atoms with E-state index in [0.717, 1.165) is 6.54 Å². The van der Waals surface area contributed by atoms with Crippen molar-refractivity contribution in [1.29, 1.82) is 0 Å². The van der Waals surface area contributed by atoms with E-state index in [4.69, 9.17) is 0 Å². The topological polar surface area (TPSA) is 41.1 Å². The largest absolute Gasteiger partial charge is 0.350 e. The Morgan fingerprint density at radius 3 is 2.65 bits per heavy atom. The second-order valence-electron chi connectivity index (χ2n) is 4.48. The van der Waals surface area contributed by atoms with Crippen LogP contribution in [0.3, 0.4) is 0 Å². The smallest absolute Gasteiger partial charge is 0.324 e. The van der Waals surface area contributed by atoms with Gasteiger partial charge >= 0.3 is 12.3 Å². The van der Waals surface area contributed by atoms with Crippen LogP contribution in [0.5, 0.6) is 0 Å². The minimum absolute atomic E-state index is 0.273. The van der Waals surface area contributed by atoms with Crippen LogP contribution in [0.2, 0.25) is 0 Å². The molecule has 0 radical (unpaired) electrons. The number of halogens is 4. The molecular weight excluding hydrogens is 240 g/mol. The second-order valence-corrected chi connectivity index (χ2v) is 4.48. The molecule has 2 unspecified atom stereocenters. The second kappa shape index (κ2) is 5.66. The van der Waals surface area contributed by atoms with Gasteiger partial charge in [-0.3, -0.25) is 4.79 Å². The first-order valence-electron chi connectivity index (χ1n) is 5.47. The van der Waals surface area contributed by atoms with Crippen molar-refractivity contribution in [2.75, 3.05) is 19.6 Å². The Labute approximate surface area is 96.9 Å². The number of hydrogen-bond donors (Lipinski definition) is 2. The first-order valence-corrected chi connectivity index (χ1v) is 5.47. The molecular formula is C10H16F4N2O. The highest BCUT2D eigenvalue weighted by atomic mass is 19.3. The van der Waals surface area contributed by atoms with Gasteiger partial charge < -0.3 is 10.6 Å². The van der Waals surface area contributed by atoms with Gasteiger partial charge in [-0.15, -0.1) is 0 Å². The molecule has 7 heteroatoms. The summed E-state index contributed by atoms with van der Waals surface area (Å²) in [4.78, 5) is 11.5. The van der Waals surface area contributed by atoms with Gasteiger partial charge in [-0.1, -0.05) is 6.92 Å². The van der Waals surface area contributed by atoms with Gasteiger partial charge in [0.15, 0.2) is 0 Å². The number of carbonyl (C=O) groups excluding carboxylic acids is 1. The van der Waals surface area contributed by atoms with Crippen LogP contribution >= 0.6 is 0 Å². The Morgan fingerprint density at radius 1 is 1.47 bits per heavy atom. The standard InChI is InChI=1S/C10H16F4N2O/c1-6-2-7(4-15-3-6)8(17)16-5-10(13,14)9(11)12/h6-7,9,15H,2-5H2,1H3,(H,16,17). The third kappa shape index (κ3) is 4.14. The molecule has 1 aliphatic rings. The number of hydrogen-bond acceptors (Lipinski definition) is 2. The molecule has 0 spiro atoms. The molecule has 0 saturated carbocycles. The molecule has 2 N–H and O–H groups in total. The van der Waals surface area contributed by atoms with E-state index in [2.05, 4.69) is 5.32 Å². The average Bonchev–Trinajstić information content (AvgIpc) is 2.25. The van der Waals surface area contributed by atoms with Gasteiger partial charge in [0.1, 0.15) is 0 Å². The number of nitrogens with one attached hydrogen (secondary N) is 2. The zero-order chi connectivity index (χ0) is 13.1. The molecule has 1 fully saturated rings. The minimum atomic E-state index is -4.16. The van der Waals surface area contributed by atoms with E-state index in [1.807, 2.05) is 12.2 Å². The van der Waals surface area contributed by atoms with Crippen molar-refractivity contribution in [2.45, 2.75) is 25.7 Å². The Hall–Kier alpha value is -0.850. The maximum absolute atomic E-state index is 12.6. The molecule has 1 heterocycles. The Morgan fingerprint density at radius 2 is 2.12 bits per heavy atom. The summed E-state index contributed by atoms with van der Waals surface area (Å²) in [6.45, 7) is 1.79. The highest BCUT2D eigenvalue weighted by molar-refractivity contribution is 5.79. The zero-order valence-corrected chi connectivity index (χ0v) is 9.48. The van der Waals surface area contributed by atoms with Crippen LogP contribution in [0, 0.1) is 11.8 Å². The van der Waals surface area contributed by atoms with Crippen molar-refractivity contribution in [3.63, 3.8) is 0 Å². The van der Waals surface area contributed by atoms with E-state index >= 15 is 0 Å². The Bertz CT molecular complexity index is 273. The number of carbonyl (C=O) groups is 1. The summed E-state index contributed by atoms with van der Waals surface area (Å²) in [5.41, 5.74) is 0. The normalized spacial score (nSPS) is 26.0. The molecule has 0 aromatic heterocycles. The van der Waals surface area contributed by atoms with Crippen molar-refractivity contribution in [1.82, 2.24) is 10.6 Å². The third-order valence-electron chi connectivity index (χ3n) is 2.76. The molecule has 0 aromatic rings. The first-order chi connectivity index (χ1) is 7.83. The molecule has 1 saturated heterocycles. The molecule has 1 amide bonds. The fourth-order valence-corrected chi connectivity index (χ4v) is 1.78. The van der Waals surface area contributed by atoms with Gasteiger partial charge in [-0.25, -0.2) is 8.78 Å². The van der Waals surface area contributed by atoms with E-state index in [9.17, 15) is 22.4 Å². The van der Waals surface area contributed by atoms with Crippen molar-refractivity contribution < 1.29 is 22.4 Å². The number of amides is 1. The highest BCUT2D eigenvalue weighted by Gasteiger charge is 2.41. The molecule has 0 aromatic carbocycles. The summed E-state index contributed by atoms with van der Waals surface area (Å²) in [5.74, 6) is -4.91.